The van der Waals surface area contributed by atoms with Crippen LogP contribution >= 0.6 is 0 Å². The second-order valence-corrected chi connectivity index (χ2v) is 4.33. The fourth-order valence-electron chi connectivity index (χ4n) is 1.60. The van der Waals surface area contributed by atoms with Gasteiger partial charge in [-0.15, -0.1) is 0 Å². The molecule has 0 fully saturated rings. The molecule has 8 nitrogen and oxygen atoms in total. The molecule has 0 saturated carbocycles. The number of furan rings is 1. The quantitative estimate of drug-likeness (QED) is 0.499. The Bertz CT molecular complexity index is 695. The molecule has 22 heavy (non-hydrogen) atoms. The lowest BCUT2D eigenvalue weighted by atomic mass is 10.2. The van der Waals surface area contributed by atoms with Gasteiger partial charge in [0.1, 0.15) is 5.76 Å². The first kappa shape index (κ1) is 15.2. The predicted molar refractivity (Wildman–Crippen MR) is 77.8 cm³/mol. The molecule has 2 rings (SSSR count). The molecule has 0 atom stereocenters. The van der Waals surface area contributed by atoms with Gasteiger partial charge in [-0.3, -0.25) is 14.9 Å². The molecule has 0 saturated heterocycles. The molecule has 0 aliphatic rings. The maximum Gasteiger partial charge on any atom is 0.311 e. The van der Waals surface area contributed by atoms with Crippen molar-refractivity contribution in [2.75, 3.05) is 6.61 Å². The third-order valence-electron chi connectivity index (χ3n) is 2.59. The fourth-order valence-corrected chi connectivity index (χ4v) is 1.60. The number of nitro groups is 1. The van der Waals surface area contributed by atoms with Gasteiger partial charge in [0.2, 0.25) is 0 Å². The van der Waals surface area contributed by atoms with Crippen LogP contribution in [0.1, 0.15) is 11.3 Å². The molecule has 1 aromatic heterocycles. The van der Waals surface area contributed by atoms with Crippen LogP contribution in [0, 0.1) is 17.0 Å². The number of nitrogens with zero attached hydrogens (tertiary/aromatic N) is 2. The van der Waals surface area contributed by atoms with Crippen LogP contribution in [0.2, 0.25) is 0 Å². The Morgan fingerprint density at radius 3 is 3.00 bits per heavy atom. The van der Waals surface area contributed by atoms with E-state index in [0.29, 0.717) is 5.76 Å². The van der Waals surface area contributed by atoms with E-state index >= 15 is 0 Å². The molecule has 0 aliphatic carbocycles. The smallest absolute Gasteiger partial charge is 0.311 e. The number of amides is 1. The molecule has 1 N–H and O–H groups in total. The zero-order chi connectivity index (χ0) is 15.9. The summed E-state index contributed by atoms with van der Waals surface area (Å²) in [6, 6.07) is 7.84. The van der Waals surface area contributed by atoms with Gasteiger partial charge in [0, 0.05) is 6.07 Å². The average molecular weight is 303 g/mol. The number of hydrogen-bond acceptors (Lipinski definition) is 6. The number of hydrazone groups is 1. The molecule has 8 heteroatoms. The van der Waals surface area contributed by atoms with Crippen molar-refractivity contribution in [3.05, 3.63) is 58.0 Å². The number of nitro benzene ring substituents is 1. The monoisotopic (exact) mass is 303 g/mol. The third-order valence-corrected chi connectivity index (χ3v) is 2.59. The number of benzene rings is 1. The van der Waals surface area contributed by atoms with Gasteiger partial charge < -0.3 is 9.15 Å². The molecule has 0 bridgehead atoms. The number of ether oxygens (including phenoxy) is 1. The first-order chi connectivity index (χ1) is 10.6. The summed E-state index contributed by atoms with van der Waals surface area (Å²) < 4.78 is 10.1. The maximum atomic E-state index is 11.5. The van der Waals surface area contributed by atoms with E-state index in [0.717, 1.165) is 5.56 Å². The molecule has 114 valence electrons. The summed E-state index contributed by atoms with van der Waals surface area (Å²) in [7, 11) is 0. The highest BCUT2D eigenvalue weighted by Crippen LogP contribution is 2.27. The number of carbonyl (C=O) groups is 1. The molecule has 0 radical (unpaired) electrons. The number of nitrogens with one attached hydrogen (secondary N) is 1. The Labute approximate surface area is 125 Å². The lowest BCUT2D eigenvalue weighted by molar-refractivity contribution is -0.385. The molecular formula is C14H13N3O5. The van der Waals surface area contributed by atoms with Crippen molar-refractivity contribution in [2.24, 2.45) is 5.10 Å². The van der Waals surface area contributed by atoms with E-state index in [2.05, 4.69) is 10.5 Å². The van der Waals surface area contributed by atoms with E-state index in [-0.39, 0.29) is 18.0 Å². The zero-order valence-electron chi connectivity index (χ0n) is 11.7. The van der Waals surface area contributed by atoms with E-state index in [1.807, 2.05) is 0 Å². The first-order valence-electron chi connectivity index (χ1n) is 6.29. The van der Waals surface area contributed by atoms with Crippen molar-refractivity contribution in [1.29, 1.82) is 0 Å². The Morgan fingerprint density at radius 2 is 2.32 bits per heavy atom. The lowest BCUT2D eigenvalue weighted by Gasteiger charge is -2.06. The minimum atomic E-state index is -0.560. The van der Waals surface area contributed by atoms with Crippen molar-refractivity contribution in [3.63, 3.8) is 0 Å². The van der Waals surface area contributed by atoms with E-state index in [1.54, 1.807) is 25.1 Å². The van der Waals surface area contributed by atoms with Gasteiger partial charge in [-0.25, -0.2) is 5.43 Å². The van der Waals surface area contributed by atoms with Crippen molar-refractivity contribution in [2.45, 2.75) is 6.92 Å². The SMILES string of the molecule is Cc1ccc(OCC(=O)NN=Cc2ccco2)c([N+](=O)[O-])c1. The third kappa shape index (κ3) is 4.17. The van der Waals surface area contributed by atoms with Crippen LogP contribution in [0.15, 0.2) is 46.1 Å². The second kappa shape index (κ2) is 7.02. The van der Waals surface area contributed by atoms with E-state index < -0.39 is 10.8 Å². The molecule has 0 aliphatic heterocycles. The van der Waals surface area contributed by atoms with Crippen LogP contribution in [0.3, 0.4) is 0 Å². The van der Waals surface area contributed by atoms with Crippen LogP contribution in [-0.2, 0) is 4.79 Å². The lowest BCUT2D eigenvalue weighted by Crippen LogP contribution is -2.24. The first-order valence-corrected chi connectivity index (χ1v) is 6.29. The largest absolute Gasteiger partial charge is 0.477 e. The Morgan fingerprint density at radius 1 is 1.50 bits per heavy atom. The van der Waals surface area contributed by atoms with Gasteiger partial charge in [-0.05, 0) is 30.7 Å². The van der Waals surface area contributed by atoms with Crippen LogP contribution < -0.4 is 10.2 Å². The topological polar surface area (TPSA) is 107 Å². The summed E-state index contributed by atoms with van der Waals surface area (Å²) in [5.74, 6) is -0.0335. The average Bonchev–Trinajstić information content (AvgIpc) is 2.99. The highest BCUT2D eigenvalue weighted by molar-refractivity contribution is 5.81. The van der Waals surface area contributed by atoms with Gasteiger partial charge in [-0.2, -0.15) is 5.10 Å². The molecule has 0 unspecified atom stereocenters. The molecule has 0 spiro atoms. The van der Waals surface area contributed by atoms with Crippen molar-refractivity contribution < 1.29 is 18.9 Å². The van der Waals surface area contributed by atoms with Crippen LogP contribution in [0.5, 0.6) is 5.75 Å². The summed E-state index contributed by atoms with van der Waals surface area (Å²) in [6.45, 7) is 1.34. The van der Waals surface area contributed by atoms with Crippen molar-refractivity contribution in [3.8, 4) is 5.75 Å². The predicted octanol–water partition coefficient (Wildman–Crippen LogP) is 2.03. The molecule has 1 aromatic carbocycles. The number of hydrogen-bond donors (Lipinski definition) is 1. The molecule has 2 aromatic rings. The summed E-state index contributed by atoms with van der Waals surface area (Å²) in [5, 5.41) is 14.6. The molecule has 1 heterocycles. The van der Waals surface area contributed by atoms with E-state index in [4.69, 9.17) is 9.15 Å². The van der Waals surface area contributed by atoms with Crippen LogP contribution in [0.25, 0.3) is 0 Å². The Hall–Kier alpha value is -3.16. The van der Waals surface area contributed by atoms with Gasteiger partial charge in [0.05, 0.1) is 17.4 Å². The highest BCUT2D eigenvalue weighted by atomic mass is 16.6. The number of carbonyl (C=O) groups excluding carboxylic acids is 1. The molecule has 1 amide bonds. The summed E-state index contributed by atoms with van der Waals surface area (Å²) in [4.78, 5) is 21.9. The van der Waals surface area contributed by atoms with Crippen LogP contribution in [-0.4, -0.2) is 23.7 Å². The van der Waals surface area contributed by atoms with Crippen molar-refractivity contribution >= 4 is 17.8 Å². The normalized spacial score (nSPS) is 10.6. The highest BCUT2D eigenvalue weighted by Gasteiger charge is 2.16. The maximum absolute atomic E-state index is 11.5. The standard InChI is InChI=1S/C14H13N3O5/c1-10-4-5-13(12(7-10)17(19)20)22-9-14(18)16-15-8-11-3-2-6-21-11/h2-8H,9H2,1H3,(H,16,18). The van der Waals surface area contributed by atoms with Crippen molar-refractivity contribution in [1.82, 2.24) is 5.43 Å². The van der Waals surface area contributed by atoms with Gasteiger partial charge in [-0.1, -0.05) is 6.07 Å². The summed E-state index contributed by atoms with van der Waals surface area (Å²) in [6.07, 6.45) is 2.80. The second-order valence-electron chi connectivity index (χ2n) is 4.33. The fraction of sp³-hybridized carbons (Fsp3) is 0.143. The Balaban J connectivity index is 1.90. The van der Waals surface area contributed by atoms with Gasteiger partial charge in [0.15, 0.2) is 12.4 Å². The zero-order valence-corrected chi connectivity index (χ0v) is 11.7. The van der Waals surface area contributed by atoms with Gasteiger partial charge >= 0.3 is 5.69 Å². The number of aryl methyl sites for hydroxylation is 1. The van der Waals surface area contributed by atoms with Crippen LogP contribution in [0.4, 0.5) is 5.69 Å². The van der Waals surface area contributed by atoms with Gasteiger partial charge in [0.25, 0.3) is 5.91 Å². The van der Waals surface area contributed by atoms with E-state index in [1.165, 1.54) is 24.6 Å². The summed E-state index contributed by atoms with van der Waals surface area (Å²) in [5.41, 5.74) is 2.77. The Kier molecular flexibility index (Phi) is 4.86. The summed E-state index contributed by atoms with van der Waals surface area (Å²) >= 11 is 0. The molecular weight excluding hydrogens is 290 g/mol. The van der Waals surface area contributed by atoms with E-state index in [9.17, 15) is 14.9 Å². The number of rotatable bonds is 6. The minimum absolute atomic E-state index is 0.0285. The minimum Gasteiger partial charge on any atom is -0.477 e.